The highest BCUT2D eigenvalue weighted by atomic mass is 31.2. The molecule has 0 aromatic carbocycles. The molecule has 0 aliphatic heterocycles. The number of allylic oxidation sites excluding steroid dienone is 24. The molecule has 0 radical (unpaired) electrons. The van der Waals surface area contributed by atoms with Crippen molar-refractivity contribution in [1.82, 2.24) is 0 Å². The molecule has 526 valence electrons. The summed E-state index contributed by atoms with van der Waals surface area (Å²) < 4.78 is 34.3. The van der Waals surface area contributed by atoms with Crippen LogP contribution in [0.5, 0.6) is 0 Å². The molecule has 0 fully saturated rings. The first kappa shape index (κ1) is 87.9. The molecule has 2 atom stereocenters. The second-order valence-corrected chi connectivity index (χ2v) is 27.3. The number of hydrogen-bond donors (Lipinski definition) is 0. The normalized spacial score (nSPS) is 13.9. The van der Waals surface area contributed by atoms with E-state index in [1.54, 1.807) is 0 Å². The van der Waals surface area contributed by atoms with Gasteiger partial charge in [0.1, 0.15) is 19.8 Å². The molecule has 2 unspecified atom stereocenters. The second-order valence-electron chi connectivity index (χ2n) is 25.9. The van der Waals surface area contributed by atoms with E-state index in [4.69, 9.17) is 18.5 Å². The predicted molar refractivity (Wildman–Crippen MR) is 397 cm³/mol. The van der Waals surface area contributed by atoms with Gasteiger partial charge in [-0.05, 0) is 122 Å². The second kappa shape index (κ2) is 71.2. The minimum atomic E-state index is -4.66. The summed E-state index contributed by atoms with van der Waals surface area (Å²) in [6.07, 6.45) is 105. The lowest BCUT2D eigenvalue weighted by Crippen LogP contribution is -2.37. The van der Waals surface area contributed by atoms with Crippen LogP contribution in [0.2, 0.25) is 0 Å². The first-order valence-corrected chi connectivity index (χ1v) is 39.0. The van der Waals surface area contributed by atoms with E-state index in [0.717, 1.165) is 122 Å². The zero-order valence-corrected chi connectivity index (χ0v) is 60.8. The summed E-state index contributed by atoms with van der Waals surface area (Å²) in [5.41, 5.74) is 0. The van der Waals surface area contributed by atoms with Crippen LogP contribution < -0.4 is 4.89 Å². The summed E-state index contributed by atoms with van der Waals surface area (Å²) in [5, 5.41) is 0. The molecule has 0 rings (SSSR count). The van der Waals surface area contributed by atoms with Gasteiger partial charge in [-0.1, -0.05) is 320 Å². The average molecular weight is 1300 g/mol. The highest BCUT2D eigenvalue weighted by Gasteiger charge is 2.22. The van der Waals surface area contributed by atoms with Gasteiger partial charge in [-0.15, -0.1) is 0 Å². The third kappa shape index (κ3) is 74.9. The molecule has 0 heterocycles. The van der Waals surface area contributed by atoms with Crippen LogP contribution in [0.3, 0.4) is 0 Å². The molecule has 0 aromatic heterocycles. The molecular formula is C82H140NO8P. The van der Waals surface area contributed by atoms with Gasteiger partial charge in [-0.25, -0.2) is 0 Å². The van der Waals surface area contributed by atoms with Gasteiger partial charge in [-0.2, -0.15) is 0 Å². The Hall–Kier alpha value is -4.11. The Morgan fingerprint density at radius 2 is 0.620 bits per heavy atom. The van der Waals surface area contributed by atoms with E-state index in [1.165, 1.54) is 154 Å². The highest BCUT2D eigenvalue weighted by molar-refractivity contribution is 7.45. The number of carbonyl (C=O) groups is 2. The summed E-state index contributed by atoms with van der Waals surface area (Å²) in [6.45, 7) is 4.11. The fourth-order valence-electron chi connectivity index (χ4n) is 10.1. The van der Waals surface area contributed by atoms with Crippen molar-refractivity contribution in [2.24, 2.45) is 0 Å². The van der Waals surface area contributed by atoms with E-state index < -0.39 is 26.5 Å². The van der Waals surface area contributed by atoms with Crippen LogP contribution in [0.15, 0.2) is 146 Å². The Balaban J connectivity index is 4.08. The monoisotopic (exact) mass is 1300 g/mol. The van der Waals surface area contributed by atoms with Crippen LogP contribution in [-0.2, 0) is 32.7 Å². The van der Waals surface area contributed by atoms with Gasteiger partial charge < -0.3 is 27.9 Å². The molecule has 0 bridgehead atoms. The standard InChI is InChI=1S/C82H140NO8P/c1-6-8-10-12-14-16-18-20-22-24-26-28-30-32-34-36-38-40-41-43-45-47-49-51-53-55-57-59-61-63-65-67-69-71-73-75-82(85)91-80(79-90-92(86,87)89-77-76-83(3,4)5)78-88-81(84)74-72-70-68-66-64-62-60-58-56-54-52-50-48-46-44-42-39-37-35-33-31-29-27-25-23-21-19-17-15-13-11-9-7-2/h8,10,14,16,19-22,25-28,31-34,38,40,43,45,49,51,55,57,80H,6-7,9,11-13,15,17-18,23-24,29-30,35-37,39,41-42,44,46-48,50,52-54,56,58-79H2,1-5H3/b10-8-,16-14-,21-19-,22-20-,27-25-,28-26-,33-31-,34-32-,40-38-,45-43-,51-49-,57-55-. The minimum absolute atomic E-state index is 0.0393. The molecular weight excluding hydrogens is 1160 g/mol. The van der Waals surface area contributed by atoms with E-state index in [1.807, 2.05) is 21.1 Å². The fraction of sp³-hybridized carbons (Fsp3) is 0.683. The number of ether oxygens (including phenoxy) is 2. The van der Waals surface area contributed by atoms with Gasteiger partial charge in [0.25, 0.3) is 7.82 Å². The van der Waals surface area contributed by atoms with Crippen molar-refractivity contribution in [3.8, 4) is 0 Å². The van der Waals surface area contributed by atoms with Crippen molar-refractivity contribution in [2.75, 3.05) is 47.5 Å². The van der Waals surface area contributed by atoms with Gasteiger partial charge >= 0.3 is 11.9 Å². The Morgan fingerprint density at radius 3 is 0.924 bits per heavy atom. The van der Waals surface area contributed by atoms with Crippen LogP contribution in [-0.4, -0.2) is 70.0 Å². The van der Waals surface area contributed by atoms with E-state index in [-0.39, 0.29) is 32.0 Å². The summed E-state index contributed by atoms with van der Waals surface area (Å²) in [7, 11) is 1.15. The van der Waals surface area contributed by atoms with Crippen molar-refractivity contribution >= 4 is 19.8 Å². The molecule has 0 spiro atoms. The van der Waals surface area contributed by atoms with Gasteiger partial charge in [0, 0.05) is 12.8 Å². The predicted octanol–water partition coefficient (Wildman–Crippen LogP) is 24.3. The number of quaternary nitrogens is 1. The first-order chi connectivity index (χ1) is 45.0. The van der Waals surface area contributed by atoms with Gasteiger partial charge in [0.15, 0.2) is 6.10 Å². The minimum Gasteiger partial charge on any atom is -0.756 e. The van der Waals surface area contributed by atoms with E-state index in [0.29, 0.717) is 17.4 Å². The summed E-state index contributed by atoms with van der Waals surface area (Å²) in [5.74, 6) is -0.846. The first-order valence-electron chi connectivity index (χ1n) is 37.5. The smallest absolute Gasteiger partial charge is 0.306 e. The van der Waals surface area contributed by atoms with E-state index in [2.05, 4.69) is 160 Å². The zero-order valence-electron chi connectivity index (χ0n) is 59.9. The molecule has 0 amide bonds. The third-order valence-electron chi connectivity index (χ3n) is 15.8. The zero-order chi connectivity index (χ0) is 66.9. The van der Waals surface area contributed by atoms with Crippen molar-refractivity contribution in [3.63, 3.8) is 0 Å². The molecule has 0 saturated carbocycles. The number of phosphoric acid groups is 1. The lowest BCUT2D eigenvalue weighted by molar-refractivity contribution is -0.870. The number of likely N-dealkylation sites (N-methyl/N-ethyl adjacent to an activating group) is 1. The topological polar surface area (TPSA) is 111 Å². The molecule has 10 heteroatoms. The maximum Gasteiger partial charge on any atom is 0.306 e. The number of carbonyl (C=O) groups excluding carboxylic acids is 2. The molecule has 0 saturated heterocycles. The molecule has 9 nitrogen and oxygen atoms in total. The Bertz CT molecular complexity index is 2070. The highest BCUT2D eigenvalue weighted by Crippen LogP contribution is 2.38. The van der Waals surface area contributed by atoms with Gasteiger partial charge in [-0.3, -0.25) is 14.2 Å². The molecule has 0 aliphatic rings. The van der Waals surface area contributed by atoms with Crippen molar-refractivity contribution in [3.05, 3.63) is 146 Å². The van der Waals surface area contributed by atoms with Crippen molar-refractivity contribution in [2.45, 2.75) is 315 Å². The summed E-state index contributed by atoms with van der Waals surface area (Å²) in [4.78, 5) is 38.1. The number of rotatable bonds is 68. The van der Waals surface area contributed by atoms with Crippen LogP contribution >= 0.6 is 7.82 Å². The van der Waals surface area contributed by atoms with E-state index >= 15 is 0 Å². The Kier molecular flexibility index (Phi) is 68.0. The molecule has 0 aromatic rings. The number of unbranched alkanes of at least 4 members (excludes halogenated alkanes) is 30. The van der Waals surface area contributed by atoms with Gasteiger partial charge in [0.05, 0.1) is 27.7 Å². The lowest BCUT2D eigenvalue weighted by atomic mass is 10.0. The lowest BCUT2D eigenvalue weighted by Gasteiger charge is -2.28. The molecule has 0 aliphatic carbocycles. The van der Waals surface area contributed by atoms with Crippen molar-refractivity contribution in [1.29, 1.82) is 0 Å². The third-order valence-corrected chi connectivity index (χ3v) is 16.8. The fourth-order valence-corrected chi connectivity index (χ4v) is 10.9. The number of esters is 2. The average Bonchev–Trinajstić information content (AvgIpc) is 2.14. The van der Waals surface area contributed by atoms with Crippen LogP contribution in [0.1, 0.15) is 309 Å². The molecule has 0 N–H and O–H groups in total. The van der Waals surface area contributed by atoms with E-state index in [9.17, 15) is 19.0 Å². The van der Waals surface area contributed by atoms with Gasteiger partial charge in [0.2, 0.25) is 0 Å². The maximum atomic E-state index is 12.9. The number of nitrogens with zero attached hydrogens (tertiary/aromatic N) is 1. The Labute approximate surface area is 567 Å². The maximum absolute atomic E-state index is 12.9. The SMILES string of the molecule is CC/C=C\C/C=C\C/C=C\C/C=C\C/C=C\C/C=C\C/C=C\C/C=C\C/C=C\CCCCCCCCCC(=O)OC(COC(=O)CCCCCCCCCCCCCCCCCCCC/C=C\C/C=C\C/C=C\CCCCCCC)COP(=O)([O-])OCC[N+](C)(C)C. The summed E-state index contributed by atoms with van der Waals surface area (Å²) >= 11 is 0. The van der Waals surface area contributed by atoms with Crippen molar-refractivity contribution < 1.29 is 42.1 Å². The Morgan fingerprint density at radius 1 is 0.348 bits per heavy atom. The summed E-state index contributed by atoms with van der Waals surface area (Å²) in [6, 6.07) is 0. The largest absolute Gasteiger partial charge is 0.756 e. The quantitative estimate of drug-likeness (QED) is 0.0195. The number of phosphoric ester groups is 1. The number of hydrogen-bond acceptors (Lipinski definition) is 8. The van der Waals surface area contributed by atoms with Crippen LogP contribution in [0.4, 0.5) is 0 Å². The molecule has 92 heavy (non-hydrogen) atoms. The van der Waals surface area contributed by atoms with Crippen LogP contribution in [0.25, 0.3) is 0 Å². The van der Waals surface area contributed by atoms with Crippen LogP contribution in [0, 0.1) is 0 Å².